The first-order valence-electron chi connectivity index (χ1n) is 9.07. The molecule has 5 nitrogen and oxygen atoms in total. The Balaban J connectivity index is 0.00000272. The molecule has 1 aromatic carbocycles. The van der Waals surface area contributed by atoms with Crippen LogP contribution in [-0.4, -0.2) is 24.7 Å². The normalized spacial score (nSPS) is 11.8. The minimum atomic E-state index is -4.54. The molecule has 0 saturated carbocycles. The van der Waals surface area contributed by atoms with Crippen LogP contribution in [0.4, 0.5) is 13.2 Å². The molecule has 4 rings (SSSR count). The molecule has 0 unspecified atom stereocenters. The van der Waals surface area contributed by atoms with Gasteiger partial charge in [0.05, 0.1) is 11.1 Å². The van der Waals surface area contributed by atoms with Gasteiger partial charge in [-0.2, -0.15) is 54.2 Å². The van der Waals surface area contributed by atoms with Gasteiger partial charge in [-0.1, -0.05) is 12.1 Å². The van der Waals surface area contributed by atoms with Crippen LogP contribution in [0.5, 0.6) is 0 Å². The summed E-state index contributed by atoms with van der Waals surface area (Å²) >= 11 is 0. The third-order valence-corrected chi connectivity index (χ3v) is 4.65. The van der Waals surface area contributed by atoms with Crippen molar-refractivity contribution < 1.29 is 34.2 Å². The predicted octanol–water partition coefficient (Wildman–Crippen LogP) is 4.67. The number of hydrogen-bond donors (Lipinski definition) is 0. The van der Waals surface area contributed by atoms with E-state index in [9.17, 15) is 13.2 Å². The molecule has 3 heterocycles. The summed E-state index contributed by atoms with van der Waals surface area (Å²) in [5, 5.41) is 4.55. The maximum Gasteiger partial charge on any atom is 2.00 e. The first kappa shape index (κ1) is 22.8. The molecule has 0 aliphatic rings. The molecular formula is C22H16F3N5Pt. The van der Waals surface area contributed by atoms with Crippen LogP contribution < -0.4 is 0 Å². The number of rotatable bonds is 4. The maximum absolute atomic E-state index is 13.0. The van der Waals surface area contributed by atoms with E-state index in [0.29, 0.717) is 17.2 Å². The van der Waals surface area contributed by atoms with Crippen LogP contribution in [-0.2, 0) is 32.7 Å². The Kier molecular flexibility index (Phi) is 6.41. The van der Waals surface area contributed by atoms with E-state index >= 15 is 0 Å². The quantitative estimate of drug-likeness (QED) is 0.319. The average Bonchev–Trinajstić information content (AvgIpc) is 3.25. The van der Waals surface area contributed by atoms with Gasteiger partial charge in [0.1, 0.15) is 6.33 Å². The van der Waals surface area contributed by atoms with Crippen molar-refractivity contribution in [3.8, 4) is 16.9 Å². The van der Waals surface area contributed by atoms with E-state index in [1.54, 1.807) is 35.3 Å². The summed E-state index contributed by atoms with van der Waals surface area (Å²) in [5.41, 5.74) is 0.280. The molecule has 0 fully saturated rings. The van der Waals surface area contributed by atoms with Crippen molar-refractivity contribution in [2.75, 3.05) is 0 Å². The van der Waals surface area contributed by atoms with Crippen LogP contribution in [0.15, 0.2) is 61.1 Å². The summed E-state index contributed by atoms with van der Waals surface area (Å²) in [6.07, 6.45) is -1.93. The molecule has 0 bridgehead atoms. The minimum absolute atomic E-state index is 0. The van der Waals surface area contributed by atoms with Crippen molar-refractivity contribution in [1.29, 1.82) is 0 Å². The van der Waals surface area contributed by atoms with E-state index in [0.717, 1.165) is 18.0 Å². The Morgan fingerprint density at radius 1 is 0.935 bits per heavy atom. The zero-order valence-electron chi connectivity index (χ0n) is 16.5. The Morgan fingerprint density at radius 2 is 1.74 bits per heavy atom. The van der Waals surface area contributed by atoms with E-state index < -0.39 is 17.3 Å². The van der Waals surface area contributed by atoms with Gasteiger partial charge in [0, 0.05) is 5.69 Å². The molecule has 0 amide bonds. The molecule has 0 saturated heterocycles. The van der Waals surface area contributed by atoms with Gasteiger partial charge in [-0.05, 0) is 37.5 Å². The van der Waals surface area contributed by atoms with Crippen molar-refractivity contribution in [2.45, 2.75) is 25.4 Å². The summed E-state index contributed by atoms with van der Waals surface area (Å²) < 4.78 is 40.6. The van der Waals surface area contributed by atoms with Gasteiger partial charge in [0.25, 0.3) is 0 Å². The Labute approximate surface area is 191 Å². The van der Waals surface area contributed by atoms with Crippen molar-refractivity contribution in [2.24, 2.45) is 0 Å². The van der Waals surface area contributed by atoms with Crippen LogP contribution >= 0.6 is 0 Å². The summed E-state index contributed by atoms with van der Waals surface area (Å²) in [6.45, 7) is 3.82. The Hall–Kier alpha value is -2.86. The molecule has 9 heteroatoms. The number of para-hydroxylation sites is 1. The maximum atomic E-state index is 13.0. The second kappa shape index (κ2) is 8.71. The van der Waals surface area contributed by atoms with Gasteiger partial charge in [-0.3, -0.25) is 4.98 Å². The first-order chi connectivity index (χ1) is 14.2. The second-order valence-corrected chi connectivity index (χ2v) is 7.14. The molecule has 0 aliphatic heterocycles. The molecule has 0 N–H and O–H groups in total. The number of aromatic nitrogens is 5. The van der Waals surface area contributed by atoms with Crippen LogP contribution in [0.1, 0.15) is 31.1 Å². The molecule has 0 atom stereocenters. The van der Waals surface area contributed by atoms with Gasteiger partial charge >= 0.3 is 27.2 Å². The van der Waals surface area contributed by atoms with Crippen LogP contribution in [0, 0.1) is 12.1 Å². The molecule has 0 aliphatic carbocycles. The predicted molar refractivity (Wildman–Crippen MR) is 104 cm³/mol. The summed E-state index contributed by atoms with van der Waals surface area (Å²) in [5.74, 6) is 0.527. The standard InChI is InChI=1S/C22H16F3N5.Pt/c1-21(2,20-27-14-30(29-20)16-7-4-3-5-8-16)18-10-6-9-17(28-18)15-11-12-26-19(13-15)22(23,24)25;/h3-7,9-10,12-14H,1-2H3;/q-2;+2. The van der Waals surface area contributed by atoms with Gasteiger partial charge in [0.15, 0.2) is 5.82 Å². The van der Waals surface area contributed by atoms with E-state index in [1.807, 2.05) is 32.0 Å². The number of hydrogen-bond acceptors (Lipinski definition) is 4. The number of pyridine rings is 2. The monoisotopic (exact) mass is 602 g/mol. The fraction of sp³-hybridized carbons (Fsp3) is 0.182. The summed E-state index contributed by atoms with van der Waals surface area (Å²) in [6, 6.07) is 19.3. The van der Waals surface area contributed by atoms with Crippen LogP contribution in [0.25, 0.3) is 16.9 Å². The van der Waals surface area contributed by atoms with Crippen molar-refractivity contribution in [1.82, 2.24) is 24.7 Å². The zero-order valence-corrected chi connectivity index (χ0v) is 18.7. The van der Waals surface area contributed by atoms with Crippen molar-refractivity contribution in [3.05, 3.63) is 90.4 Å². The number of benzene rings is 1. The first-order valence-corrected chi connectivity index (χ1v) is 9.07. The molecule has 3 aromatic heterocycles. The van der Waals surface area contributed by atoms with E-state index in [4.69, 9.17) is 0 Å². The number of halogens is 3. The molecular weight excluding hydrogens is 586 g/mol. The Morgan fingerprint density at radius 3 is 2.45 bits per heavy atom. The van der Waals surface area contributed by atoms with Gasteiger partial charge in [-0.25, -0.2) is 9.67 Å². The topological polar surface area (TPSA) is 56.5 Å². The van der Waals surface area contributed by atoms with Gasteiger partial charge in [0.2, 0.25) is 0 Å². The number of nitrogens with zero attached hydrogens (tertiary/aromatic N) is 5. The fourth-order valence-electron chi connectivity index (χ4n) is 2.93. The average molecular weight is 602 g/mol. The van der Waals surface area contributed by atoms with Gasteiger partial charge in [-0.15, -0.1) is 12.1 Å². The van der Waals surface area contributed by atoms with E-state index in [1.165, 1.54) is 0 Å². The van der Waals surface area contributed by atoms with Crippen molar-refractivity contribution >= 4 is 0 Å². The molecule has 31 heavy (non-hydrogen) atoms. The molecule has 4 aromatic rings. The summed E-state index contributed by atoms with van der Waals surface area (Å²) in [7, 11) is 0. The van der Waals surface area contributed by atoms with Crippen molar-refractivity contribution in [3.63, 3.8) is 0 Å². The van der Waals surface area contributed by atoms with Gasteiger partial charge < -0.3 is 4.98 Å². The zero-order chi connectivity index (χ0) is 21.4. The Bertz CT molecular complexity index is 1170. The van der Waals surface area contributed by atoms with E-state index in [2.05, 4.69) is 32.2 Å². The third kappa shape index (κ3) is 4.74. The van der Waals surface area contributed by atoms with E-state index in [-0.39, 0.29) is 26.6 Å². The number of alkyl halides is 3. The minimum Gasteiger partial charge on any atom is -0.316 e. The fourth-order valence-corrected chi connectivity index (χ4v) is 2.93. The molecule has 0 radical (unpaired) electrons. The van der Waals surface area contributed by atoms with Crippen LogP contribution in [0.3, 0.4) is 0 Å². The molecule has 0 spiro atoms. The summed E-state index contributed by atoms with van der Waals surface area (Å²) in [4.78, 5) is 12.3. The third-order valence-electron chi connectivity index (χ3n) is 4.65. The SMILES string of the molecule is CC(C)(c1cccc(-c2[c-]cnc(C(F)(F)F)c2)n1)c1ncn(-c2[c-]cccc2)n1.[Pt+2]. The largest absolute Gasteiger partial charge is 2.00 e. The smallest absolute Gasteiger partial charge is 0.316 e. The molecule has 160 valence electrons. The second-order valence-electron chi connectivity index (χ2n) is 7.14. The van der Waals surface area contributed by atoms with Crippen LogP contribution in [0.2, 0.25) is 0 Å².